The van der Waals surface area contributed by atoms with Crippen LogP contribution in [-0.4, -0.2) is 39.5 Å². The fraction of sp³-hybridized carbons (Fsp3) is 0.667. The number of carbonyl (C=O) groups is 1. The first-order valence-corrected chi connectivity index (χ1v) is 9.68. The summed E-state index contributed by atoms with van der Waals surface area (Å²) in [7, 11) is 3.26. The quantitative estimate of drug-likeness (QED) is 0.461. The number of rotatable bonds is 10. The molecule has 1 aliphatic carbocycles. The molecule has 1 aromatic rings. The van der Waals surface area contributed by atoms with E-state index in [1.165, 1.54) is 0 Å². The van der Waals surface area contributed by atoms with Crippen LogP contribution in [0.25, 0.3) is 0 Å². The lowest BCUT2D eigenvalue weighted by atomic mass is 9.86. The van der Waals surface area contributed by atoms with Crippen LogP contribution in [0.4, 0.5) is 0 Å². The third-order valence-electron chi connectivity index (χ3n) is 4.92. The lowest BCUT2D eigenvalue weighted by Gasteiger charge is -2.30. The van der Waals surface area contributed by atoms with Gasteiger partial charge >= 0.3 is 5.97 Å². The van der Waals surface area contributed by atoms with Crippen molar-refractivity contribution < 1.29 is 23.7 Å². The van der Waals surface area contributed by atoms with E-state index in [1.54, 1.807) is 14.2 Å². The van der Waals surface area contributed by atoms with Crippen molar-refractivity contribution in [3.05, 3.63) is 23.8 Å². The second-order valence-electron chi connectivity index (χ2n) is 6.76. The van der Waals surface area contributed by atoms with Crippen molar-refractivity contribution in [2.45, 2.75) is 58.0 Å². The first-order chi connectivity index (χ1) is 12.7. The van der Waals surface area contributed by atoms with E-state index in [0.717, 1.165) is 62.0 Å². The molecule has 2 rings (SSSR count). The predicted molar refractivity (Wildman–Crippen MR) is 101 cm³/mol. The van der Waals surface area contributed by atoms with Gasteiger partial charge in [0.05, 0.1) is 39.5 Å². The Hall–Kier alpha value is -1.75. The highest BCUT2D eigenvalue weighted by Crippen LogP contribution is 2.30. The van der Waals surface area contributed by atoms with Gasteiger partial charge in [0.25, 0.3) is 0 Å². The minimum atomic E-state index is -0.119. The lowest BCUT2D eigenvalue weighted by Crippen LogP contribution is -2.35. The number of hydrogen-bond donors (Lipinski definition) is 0. The molecule has 0 aromatic heterocycles. The molecule has 0 heterocycles. The Morgan fingerprint density at radius 1 is 1.08 bits per heavy atom. The van der Waals surface area contributed by atoms with Crippen LogP contribution in [0.15, 0.2) is 18.2 Å². The summed E-state index contributed by atoms with van der Waals surface area (Å²) in [5.41, 5.74) is 1.13. The summed E-state index contributed by atoms with van der Waals surface area (Å²) in [5, 5.41) is 0. The second-order valence-corrected chi connectivity index (χ2v) is 6.76. The van der Waals surface area contributed by atoms with Gasteiger partial charge in [-0.2, -0.15) is 0 Å². The summed E-state index contributed by atoms with van der Waals surface area (Å²) >= 11 is 0. The summed E-state index contributed by atoms with van der Waals surface area (Å²) in [6.45, 7) is 3.19. The van der Waals surface area contributed by atoms with Gasteiger partial charge in [0.15, 0.2) is 11.5 Å². The normalized spacial score (nSPS) is 19.8. The van der Waals surface area contributed by atoms with E-state index in [-0.39, 0.29) is 18.0 Å². The van der Waals surface area contributed by atoms with Gasteiger partial charge in [-0.1, -0.05) is 32.3 Å². The maximum absolute atomic E-state index is 12.3. The highest BCUT2D eigenvalue weighted by atomic mass is 16.5. The Morgan fingerprint density at radius 2 is 1.85 bits per heavy atom. The van der Waals surface area contributed by atoms with Crippen LogP contribution in [0.5, 0.6) is 11.5 Å². The zero-order valence-corrected chi connectivity index (χ0v) is 16.3. The number of methoxy groups -OCH3 is 2. The van der Waals surface area contributed by atoms with Gasteiger partial charge in [0, 0.05) is 0 Å². The van der Waals surface area contributed by atoms with E-state index < -0.39 is 0 Å². The molecule has 5 nitrogen and oxygen atoms in total. The van der Waals surface area contributed by atoms with Crippen LogP contribution in [0.3, 0.4) is 0 Å². The van der Waals surface area contributed by atoms with Gasteiger partial charge in [-0.25, -0.2) is 0 Å². The molecule has 146 valence electrons. The maximum Gasteiger partial charge on any atom is 0.311 e. The molecular weight excluding hydrogens is 332 g/mol. The van der Waals surface area contributed by atoms with Crippen LogP contribution < -0.4 is 9.47 Å². The summed E-state index contributed by atoms with van der Waals surface area (Å²) in [6.07, 6.45) is 6.67. The number of ether oxygens (including phenoxy) is 4. The minimum Gasteiger partial charge on any atom is -0.493 e. The van der Waals surface area contributed by atoms with E-state index in [2.05, 4.69) is 6.92 Å². The molecule has 0 saturated heterocycles. The lowest BCUT2D eigenvalue weighted by molar-refractivity contribution is -0.156. The molecule has 0 radical (unpaired) electrons. The first kappa shape index (κ1) is 20.6. The second kappa shape index (κ2) is 11.1. The van der Waals surface area contributed by atoms with Crippen molar-refractivity contribution in [1.29, 1.82) is 0 Å². The molecule has 26 heavy (non-hydrogen) atoms. The average Bonchev–Trinajstić information content (AvgIpc) is 2.68. The van der Waals surface area contributed by atoms with E-state index in [0.29, 0.717) is 13.2 Å². The summed E-state index contributed by atoms with van der Waals surface area (Å²) < 4.78 is 22.1. The van der Waals surface area contributed by atoms with Crippen molar-refractivity contribution in [1.82, 2.24) is 0 Å². The van der Waals surface area contributed by atoms with Crippen LogP contribution in [0.2, 0.25) is 0 Å². The summed E-state index contributed by atoms with van der Waals surface area (Å²) in [5.74, 6) is 1.24. The van der Waals surface area contributed by atoms with Gasteiger partial charge < -0.3 is 18.9 Å². The largest absolute Gasteiger partial charge is 0.493 e. The molecule has 0 bridgehead atoms. The molecule has 0 N–H and O–H groups in total. The first-order valence-electron chi connectivity index (χ1n) is 9.68. The van der Waals surface area contributed by atoms with E-state index >= 15 is 0 Å². The van der Waals surface area contributed by atoms with Crippen LogP contribution in [0.1, 0.15) is 51.0 Å². The molecule has 0 spiro atoms. The Labute approximate surface area is 157 Å². The molecule has 0 amide bonds. The Kier molecular flexibility index (Phi) is 8.75. The van der Waals surface area contributed by atoms with Crippen molar-refractivity contribution in [3.63, 3.8) is 0 Å². The molecule has 1 fully saturated rings. The molecule has 2 atom stereocenters. The monoisotopic (exact) mass is 364 g/mol. The average molecular weight is 364 g/mol. The van der Waals surface area contributed by atoms with Crippen molar-refractivity contribution >= 4 is 5.97 Å². The number of benzene rings is 1. The third-order valence-corrected chi connectivity index (χ3v) is 4.92. The van der Waals surface area contributed by atoms with E-state index in [9.17, 15) is 4.79 Å². The Bertz CT molecular complexity index is 557. The standard InChI is InChI=1S/C21H32O5/c1-4-5-13-26-21(22)17-8-6-7-9-18(17)25-14-12-16-10-11-19(23-2)20(15-16)24-3/h10-11,15,17-18H,4-9,12-14H2,1-3H3/t17?,18-/m1/s1. The number of hydrogen-bond acceptors (Lipinski definition) is 5. The van der Waals surface area contributed by atoms with Crippen molar-refractivity contribution in [2.24, 2.45) is 5.92 Å². The SMILES string of the molecule is CCCCOC(=O)C1CCCC[C@H]1OCCc1ccc(OC)c(OC)c1. The number of esters is 1. The number of unbranched alkanes of at least 4 members (excludes halogenated alkanes) is 1. The fourth-order valence-corrected chi connectivity index (χ4v) is 3.35. The summed E-state index contributed by atoms with van der Waals surface area (Å²) in [4.78, 5) is 12.3. The van der Waals surface area contributed by atoms with Gasteiger partial charge in [0.1, 0.15) is 0 Å². The third kappa shape index (κ3) is 5.90. The Morgan fingerprint density at radius 3 is 2.58 bits per heavy atom. The predicted octanol–water partition coefficient (Wildman–Crippen LogP) is 4.17. The Balaban J connectivity index is 1.85. The molecular formula is C21H32O5. The van der Waals surface area contributed by atoms with Crippen LogP contribution in [-0.2, 0) is 20.7 Å². The van der Waals surface area contributed by atoms with Gasteiger partial charge in [-0.05, 0) is 43.4 Å². The van der Waals surface area contributed by atoms with E-state index in [1.807, 2.05) is 18.2 Å². The zero-order chi connectivity index (χ0) is 18.8. The maximum atomic E-state index is 12.3. The van der Waals surface area contributed by atoms with Gasteiger partial charge in [-0.3, -0.25) is 4.79 Å². The molecule has 1 aliphatic rings. The summed E-state index contributed by atoms with van der Waals surface area (Å²) in [6, 6.07) is 5.89. The zero-order valence-electron chi connectivity index (χ0n) is 16.3. The van der Waals surface area contributed by atoms with Crippen LogP contribution in [0, 0.1) is 5.92 Å². The molecule has 5 heteroatoms. The topological polar surface area (TPSA) is 54.0 Å². The highest BCUT2D eigenvalue weighted by molar-refractivity contribution is 5.73. The molecule has 1 saturated carbocycles. The molecule has 0 aliphatic heterocycles. The molecule has 1 aromatic carbocycles. The van der Waals surface area contributed by atoms with E-state index in [4.69, 9.17) is 18.9 Å². The van der Waals surface area contributed by atoms with Crippen molar-refractivity contribution in [2.75, 3.05) is 27.4 Å². The smallest absolute Gasteiger partial charge is 0.311 e. The van der Waals surface area contributed by atoms with Gasteiger partial charge in [-0.15, -0.1) is 0 Å². The number of carbonyl (C=O) groups excluding carboxylic acids is 1. The van der Waals surface area contributed by atoms with Gasteiger partial charge in [0.2, 0.25) is 0 Å². The molecule has 1 unspecified atom stereocenters. The fourth-order valence-electron chi connectivity index (χ4n) is 3.35. The minimum absolute atomic E-state index is 0.0296. The van der Waals surface area contributed by atoms with Crippen LogP contribution >= 0.6 is 0 Å². The van der Waals surface area contributed by atoms with Crippen molar-refractivity contribution in [3.8, 4) is 11.5 Å². The highest BCUT2D eigenvalue weighted by Gasteiger charge is 2.32.